The van der Waals surface area contributed by atoms with Gasteiger partial charge in [0.15, 0.2) is 35.6 Å². The van der Waals surface area contributed by atoms with Crippen LogP contribution in [0.3, 0.4) is 0 Å². The maximum Gasteiger partial charge on any atom is 0.200 e. The Labute approximate surface area is 253 Å². The fourth-order valence-corrected chi connectivity index (χ4v) is 5.27. The van der Waals surface area contributed by atoms with E-state index < -0.39 is 12.6 Å². The number of benzene rings is 2. The van der Waals surface area contributed by atoms with Gasteiger partial charge in [-0.1, -0.05) is 13.8 Å². The molecule has 0 amide bonds. The number of methoxy groups -OCH3 is 4. The molecule has 2 aliphatic heterocycles. The SMILES string of the molecule is CCC1(COCC2(CC)COC(Cc3cc(OC)c(O)c(OC)c3)OC2)COC(Cc2cc(OC)c(O)c(OC)c2)OC1. The average Bonchev–Trinajstić information content (AvgIpc) is 3.04. The summed E-state index contributed by atoms with van der Waals surface area (Å²) in [5, 5.41) is 20.4. The second-order valence-corrected chi connectivity index (χ2v) is 11.4. The van der Waals surface area contributed by atoms with Gasteiger partial charge in [0.1, 0.15) is 0 Å². The Kier molecular flexibility index (Phi) is 11.2. The van der Waals surface area contributed by atoms with Gasteiger partial charge in [-0.25, -0.2) is 0 Å². The lowest BCUT2D eigenvalue weighted by atomic mass is 9.85. The van der Waals surface area contributed by atoms with Crippen LogP contribution in [-0.2, 0) is 36.5 Å². The van der Waals surface area contributed by atoms with Crippen molar-refractivity contribution in [2.24, 2.45) is 10.8 Å². The van der Waals surface area contributed by atoms with Crippen LogP contribution in [0.2, 0.25) is 0 Å². The highest BCUT2D eigenvalue weighted by molar-refractivity contribution is 5.53. The largest absolute Gasteiger partial charge is 0.502 e. The van der Waals surface area contributed by atoms with Crippen molar-refractivity contribution in [2.75, 3.05) is 68.1 Å². The average molecular weight is 607 g/mol. The van der Waals surface area contributed by atoms with Crippen molar-refractivity contribution in [3.63, 3.8) is 0 Å². The minimum atomic E-state index is -0.425. The number of hydrogen-bond donors (Lipinski definition) is 2. The van der Waals surface area contributed by atoms with E-state index in [1.54, 1.807) is 24.3 Å². The van der Waals surface area contributed by atoms with Crippen LogP contribution in [0.4, 0.5) is 0 Å². The summed E-state index contributed by atoms with van der Waals surface area (Å²) in [5.41, 5.74) is 1.24. The van der Waals surface area contributed by atoms with Crippen molar-refractivity contribution >= 4 is 0 Å². The molecule has 0 bridgehead atoms. The van der Waals surface area contributed by atoms with E-state index in [9.17, 15) is 10.2 Å². The molecule has 0 radical (unpaired) electrons. The van der Waals surface area contributed by atoms with E-state index in [0.29, 0.717) is 75.5 Å². The first-order valence-corrected chi connectivity index (χ1v) is 14.6. The maximum atomic E-state index is 10.2. The number of phenolic OH excluding ortho intramolecular Hbond substituents is 2. The fourth-order valence-electron chi connectivity index (χ4n) is 5.27. The van der Waals surface area contributed by atoms with E-state index in [-0.39, 0.29) is 22.3 Å². The van der Waals surface area contributed by atoms with Crippen molar-refractivity contribution in [1.29, 1.82) is 0 Å². The third kappa shape index (κ3) is 7.77. The molecule has 240 valence electrons. The van der Waals surface area contributed by atoms with Crippen LogP contribution in [0, 0.1) is 10.8 Å². The number of ether oxygens (including phenoxy) is 9. The molecular formula is C32H46O11. The Hall–Kier alpha value is -2.96. The topological polar surface area (TPSA) is 124 Å². The van der Waals surface area contributed by atoms with Gasteiger partial charge in [0, 0.05) is 23.7 Å². The van der Waals surface area contributed by atoms with Crippen LogP contribution < -0.4 is 18.9 Å². The van der Waals surface area contributed by atoms with Crippen LogP contribution in [-0.4, -0.2) is 90.9 Å². The molecule has 0 spiro atoms. The predicted molar refractivity (Wildman–Crippen MR) is 157 cm³/mol. The summed E-state index contributed by atoms with van der Waals surface area (Å²) in [6, 6.07) is 7.04. The minimum absolute atomic E-state index is 0.0332. The summed E-state index contributed by atoms with van der Waals surface area (Å²) in [5.74, 6) is 1.30. The van der Waals surface area contributed by atoms with E-state index in [1.165, 1.54) is 28.4 Å². The van der Waals surface area contributed by atoms with Crippen LogP contribution in [0.25, 0.3) is 0 Å². The molecule has 2 fully saturated rings. The molecule has 2 aromatic carbocycles. The molecule has 0 unspecified atom stereocenters. The van der Waals surface area contributed by atoms with Crippen LogP contribution >= 0.6 is 0 Å². The van der Waals surface area contributed by atoms with Gasteiger partial charge in [0.25, 0.3) is 0 Å². The van der Waals surface area contributed by atoms with Gasteiger partial charge in [0.2, 0.25) is 11.5 Å². The Morgan fingerprint density at radius 3 is 1.16 bits per heavy atom. The normalized spacial score (nSPS) is 25.7. The summed E-state index contributed by atoms with van der Waals surface area (Å²) in [6.07, 6.45) is 1.82. The van der Waals surface area contributed by atoms with Gasteiger partial charge in [-0.3, -0.25) is 0 Å². The highest BCUT2D eigenvalue weighted by Gasteiger charge is 2.40. The van der Waals surface area contributed by atoms with Crippen molar-refractivity contribution < 1.29 is 52.8 Å². The molecule has 0 saturated carbocycles. The van der Waals surface area contributed by atoms with Crippen molar-refractivity contribution in [1.82, 2.24) is 0 Å². The number of phenols is 2. The molecule has 2 aromatic rings. The Bertz CT molecular complexity index is 1040. The van der Waals surface area contributed by atoms with Crippen molar-refractivity contribution in [2.45, 2.75) is 52.1 Å². The fraction of sp³-hybridized carbons (Fsp3) is 0.625. The van der Waals surface area contributed by atoms with Crippen molar-refractivity contribution in [3.05, 3.63) is 35.4 Å². The lowest BCUT2D eigenvalue weighted by Crippen LogP contribution is -2.48. The molecule has 43 heavy (non-hydrogen) atoms. The van der Waals surface area contributed by atoms with Crippen molar-refractivity contribution in [3.8, 4) is 34.5 Å². The minimum Gasteiger partial charge on any atom is -0.502 e. The highest BCUT2D eigenvalue weighted by atomic mass is 16.7. The maximum absolute atomic E-state index is 10.2. The summed E-state index contributed by atoms with van der Waals surface area (Å²) in [6.45, 7) is 7.26. The second-order valence-electron chi connectivity index (χ2n) is 11.4. The van der Waals surface area contributed by atoms with Gasteiger partial charge in [-0.05, 0) is 48.2 Å². The first-order valence-electron chi connectivity index (χ1n) is 14.6. The monoisotopic (exact) mass is 606 g/mol. The number of aromatic hydroxyl groups is 2. The van der Waals surface area contributed by atoms with Gasteiger partial charge in [0.05, 0.1) is 68.1 Å². The van der Waals surface area contributed by atoms with E-state index >= 15 is 0 Å². The third-order valence-electron chi connectivity index (χ3n) is 8.50. The molecule has 2 N–H and O–H groups in total. The molecule has 11 nitrogen and oxygen atoms in total. The first kappa shape index (κ1) is 32.9. The predicted octanol–water partition coefficient (Wildman–Crippen LogP) is 4.47. The molecular weight excluding hydrogens is 560 g/mol. The molecule has 2 aliphatic rings. The number of hydrogen-bond acceptors (Lipinski definition) is 11. The summed E-state index contributed by atoms with van der Waals surface area (Å²) >= 11 is 0. The van der Waals surface area contributed by atoms with Crippen LogP contribution in [0.5, 0.6) is 34.5 Å². The molecule has 0 atom stereocenters. The zero-order valence-electron chi connectivity index (χ0n) is 26.1. The summed E-state index contributed by atoms with van der Waals surface area (Å²) in [4.78, 5) is 0. The molecule has 0 aliphatic carbocycles. The standard InChI is InChI=1S/C32H46O11/c1-7-31(17-40-27(41-18-31)13-21-9-23(35-3)29(33)24(10-21)36-4)15-39-16-32(8-2)19-42-28(43-20-32)14-22-11-25(37-5)30(34)26(12-22)38-6/h9-12,27-28,33-34H,7-8,13-20H2,1-6H3. The molecule has 0 aromatic heterocycles. The van der Waals surface area contributed by atoms with Crippen LogP contribution in [0.1, 0.15) is 37.8 Å². The number of rotatable bonds is 14. The van der Waals surface area contributed by atoms with E-state index in [1.807, 2.05) is 0 Å². The van der Waals surface area contributed by atoms with Gasteiger partial charge >= 0.3 is 0 Å². The van der Waals surface area contributed by atoms with Gasteiger partial charge < -0.3 is 52.8 Å². The van der Waals surface area contributed by atoms with Gasteiger partial charge in [-0.2, -0.15) is 0 Å². The zero-order valence-corrected chi connectivity index (χ0v) is 26.1. The summed E-state index contributed by atoms with van der Waals surface area (Å²) < 4.78 is 52.0. The third-order valence-corrected chi connectivity index (χ3v) is 8.50. The molecule has 4 rings (SSSR count). The van der Waals surface area contributed by atoms with Gasteiger partial charge in [-0.15, -0.1) is 0 Å². The lowest BCUT2D eigenvalue weighted by molar-refractivity contribution is -0.255. The molecule has 11 heteroatoms. The second kappa shape index (κ2) is 14.7. The molecule has 2 saturated heterocycles. The summed E-state index contributed by atoms with van der Waals surface area (Å²) in [7, 11) is 6.00. The zero-order chi connectivity index (χ0) is 31.0. The van der Waals surface area contributed by atoms with E-state index in [0.717, 1.165) is 24.0 Å². The highest BCUT2D eigenvalue weighted by Crippen LogP contribution is 2.40. The smallest absolute Gasteiger partial charge is 0.200 e. The van der Waals surface area contributed by atoms with Crippen LogP contribution in [0.15, 0.2) is 24.3 Å². The first-order chi connectivity index (χ1) is 20.7. The lowest BCUT2D eigenvalue weighted by Gasteiger charge is -2.42. The Morgan fingerprint density at radius 2 is 0.907 bits per heavy atom. The molecule has 2 heterocycles. The Morgan fingerprint density at radius 1 is 0.605 bits per heavy atom. The van der Waals surface area contributed by atoms with E-state index in [2.05, 4.69) is 13.8 Å². The quantitative estimate of drug-likeness (QED) is 0.317. The Balaban J connectivity index is 1.26. The van der Waals surface area contributed by atoms with E-state index in [4.69, 9.17) is 42.6 Å².